The number of carbonyl (C=O) groups is 1. The summed E-state index contributed by atoms with van der Waals surface area (Å²) in [5.74, 6) is -0.644. The molecule has 1 rings (SSSR count). The van der Waals surface area contributed by atoms with Crippen molar-refractivity contribution in [2.45, 2.75) is 12.8 Å². The average Bonchev–Trinajstić information content (AvgIpc) is 2.18. The molecule has 82 valence electrons. The molecule has 0 saturated carbocycles. The van der Waals surface area contributed by atoms with Gasteiger partial charge in [0.05, 0.1) is 12.2 Å². The number of hydrogen-bond acceptors (Lipinski definition) is 2. The number of alkyl halides is 2. The maximum Gasteiger partial charge on any atom is 0.335 e. The summed E-state index contributed by atoms with van der Waals surface area (Å²) in [6.07, 6.45) is -2.72. The molecule has 0 atom stereocenters. The lowest BCUT2D eigenvalue weighted by Gasteiger charge is -2.05. The van der Waals surface area contributed by atoms with E-state index < -0.39 is 12.4 Å². The number of carboxylic acids is 1. The standard InChI is InChI=1S/C10H10F2O3/c11-9(12)5-6-15-8-3-1-7(2-4-8)10(13)14/h1-4,9H,5-6H2,(H,13,14). The molecular formula is C10H10F2O3. The minimum absolute atomic E-state index is 0.0793. The van der Waals surface area contributed by atoms with Crippen molar-refractivity contribution in [1.82, 2.24) is 0 Å². The molecule has 5 heteroatoms. The van der Waals surface area contributed by atoms with E-state index in [1.54, 1.807) is 0 Å². The summed E-state index contributed by atoms with van der Waals surface area (Å²) in [5.41, 5.74) is 0.135. The predicted octanol–water partition coefficient (Wildman–Crippen LogP) is 2.42. The van der Waals surface area contributed by atoms with Crippen molar-refractivity contribution in [1.29, 1.82) is 0 Å². The predicted molar refractivity (Wildman–Crippen MR) is 49.5 cm³/mol. The van der Waals surface area contributed by atoms with Gasteiger partial charge >= 0.3 is 5.97 Å². The smallest absolute Gasteiger partial charge is 0.335 e. The Kier molecular flexibility index (Phi) is 4.03. The molecule has 3 nitrogen and oxygen atoms in total. The fourth-order valence-corrected chi connectivity index (χ4v) is 0.960. The number of hydrogen-bond donors (Lipinski definition) is 1. The summed E-state index contributed by atoms with van der Waals surface area (Å²) in [6.45, 7) is -0.0793. The van der Waals surface area contributed by atoms with E-state index in [2.05, 4.69) is 0 Å². The van der Waals surface area contributed by atoms with Gasteiger partial charge in [0.15, 0.2) is 0 Å². The first-order chi connectivity index (χ1) is 7.09. The molecule has 0 spiro atoms. The van der Waals surface area contributed by atoms with Gasteiger partial charge in [-0.05, 0) is 24.3 Å². The Balaban J connectivity index is 2.46. The second-order valence-electron chi connectivity index (χ2n) is 2.86. The highest BCUT2D eigenvalue weighted by Crippen LogP contribution is 2.13. The fraction of sp³-hybridized carbons (Fsp3) is 0.300. The van der Waals surface area contributed by atoms with E-state index in [-0.39, 0.29) is 18.6 Å². The van der Waals surface area contributed by atoms with Crippen LogP contribution in [0.25, 0.3) is 0 Å². The summed E-state index contributed by atoms with van der Waals surface area (Å²) in [5, 5.41) is 8.58. The summed E-state index contributed by atoms with van der Waals surface area (Å²) >= 11 is 0. The number of aromatic carboxylic acids is 1. The van der Waals surface area contributed by atoms with Crippen molar-refractivity contribution in [2.75, 3.05) is 6.61 Å². The van der Waals surface area contributed by atoms with Gasteiger partial charge in [-0.1, -0.05) is 0 Å². The third kappa shape index (κ3) is 3.93. The first-order valence-electron chi connectivity index (χ1n) is 4.34. The number of carboxylic acid groups (broad SMARTS) is 1. The van der Waals surface area contributed by atoms with Crippen molar-refractivity contribution < 1.29 is 23.4 Å². The van der Waals surface area contributed by atoms with Crippen LogP contribution in [-0.4, -0.2) is 24.1 Å². The van der Waals surface area contributed by atoms with Crippen LogP contribution in [0.4, 0.5) is 8.78 Å². The average molecular weight is 216 g/mol. The van der Waals surface area contributed by atoms with E-state index in [0.29, 0.717) is 5.75 Å². The van der Waals surface area contributed by atoms with Crippen LogP contribution in [0.3, 0.4) is 0 Å². The molecular weight excluding hydrogens is 206 g/mol. The van der Waals surface area contributed by atoms with Crippen LogP contribution in [0.15, 0.2) is 24.3 Å². The Labute approximate surface area is 85.3 Å². The highest BCUT2D eigenvalue weighted by atomic mass is 19.3. The van der Waals surface area contributed by atoms with Crippen LogP contribution in [0, 0.1) is 0 Å². The van der Waals surface area contributed by atoms with Crippen LogP contribution in [0.5, 0.6) is 5.75 Å². The van der Waals surface area contributed by atoms with Gasteiger partial charge in [-0.2, -0.15) is 0 Å². The van der Waals surface area contributed by atoms with Crippen LogP contribution < -0.4 is 4.74 Å². The van der Waals surface area contributed by atoms with E-state index in [9.17, 15) is 13.6 Å². The highest BCUT2D eigenvalue weighted by Gasteiger charge is 2.04. The molecule has 0 amide bonds. The molecule has 0 aliphatic rings. The van der Waals surface area contributed by atoms with Crippen LogP contribution in [0.2, 0.25) is 0 Å². The van der Waals surface area contributed by atoms with Gasteiger partial charge in [0.2, 0.25) is 6.43 Å². The summed E-state index contributed by atoms with van der Waals surface area (Å²) < 4.78 is 28.5. The SMILES string of the molecule is O=C(O)c1ccc(OCCC(F)F)cc1. The Morgan fingerprint density at radius 3 is 2.40 bits per heavy atom. The number of ether oxygens (including phenoxy) is 1. The Morgan fingerprint density at radius 2 is 1.93 bits per heavy atom. The largest absolute Gasteiger partial charge is 0.493 e. The van der Waals surface area contributed by atoms with Gasteiger partial charge in [-0.15, -0.1) is 0 Å². The molecule has 0 heterocycles. The van der Waals surface area contributed by atoms with Crippen molar-refractivity contribution >= 4 is 5.97 Å². The minimum atomic E-state index is -2.39. The minimum Gasteiger partial charge on any atom is -0.493 e. The van der Waals surface area contributed by atoms with Crippen molar-refractivity contribution in [3.05, 3.63) is 29.8 Å². The quantitative estimate of drug-likeness (QED) is 0.822. The van der Waals surface area contributed by atoms with E-state index in [4.69, 9.17) is 9.84 Å². The normalized spacial score (nSPS) is 10.3. The Hall–Kier alpha value is -1.65. The van der Waals surface area contributed by atoms with Gasteiger partial charge in [0.1, 0.15) is 5.75 Å². The molecule has 1 N–H and O–H groups in total. The van der Waals surface area contributed by atoms with Crippen LogP contribution in [0.1, 0.15) is 16.8 Å². The summed E-state index contributed by atoms with van der Waals surface area (Å²) in [6, 6.07) is 5.60. The third-order valence-electron chi connectivity index (χ3n) is 1.71. The molecule has 1 aromatic carbocycles. The van der Waals surface area contributed by atoms with E-state index >= 15 is 0 Å². The maximum absolute atomic E-state index is 11.7. The maximum atomic E-state index is 11.7. The molecule has 0 fully saturated rings. The second-order valence-corrected chi connectivity index (χ2v) is 2.86. The lowest BCUT2D eigenvalue weighted by Crippen LogP contribution is -2.03. The van der Waals surface area contributed by atoms with Gasteiger partial charge in [0, 0.05) is 6.42 Å². The third-order valence-corrected chi connectivity index (χ3v) is 1.71. The molecule has 0 unspecified atom stereocenters. The van der Waals surface area contributed by atoms with Gasteiger partial charge in [0.25, 0.3) is 0 Å². The molecule has 0 radical (unpaired) electrons. The fourth-order valence-electron chi connectivity index (χ4n) is 0.960. The van der Waals surface area contributed by atoms with Crippen LogP contribution in [-0.2, 0) is 0 Å². The highest BCUT2D eigenvalue weighted by molar-refractivity contribution is 5.87. The van der Waals surface area contributed by atoms with Gasteiger partial charge in [-0.3, -0.25) is 0 Å². The zero-order chi connectivity index (χ0) is 11.3. The molecule has 0 saturated heterocycles. The Morgan fingerprint density at radius 1 is 1.33 bits per heavy atom. The molecule has 0 bridgehead atoms. The summed E-state index contributed by atoms with van der Waals surface area (Å²) in [4.78, 5) is 10.5. The van der Waals surface area contributed by atoms with Crippen LogP contribution >= 0.6 is 0 Å². The van der Waals surface area contributed by atoms with E-state index in [0.717, 1.165) is 0 Å². The van der Waals surface area contributed by atoms with Crippen molar-refractivity contribution in [3.63, 3.8) is 0 Å². The van der Waals surface area contributed by atoms with E-state index in [1.807, 2.05) is 0 Å². The zero-order valence-corrected chi connectivity index (χ0v) is 7.82. The van der Waals surface area contributed by atoms with Crippen molar-refractivity contribution in [3.8, 4) is 5.75 Å². The second kappa shape index (κ2) is 5.29. The number of rotatable bonds is 5. The number of benzene rings is 1. The molecule has 0 aliphatic heterocycles. The molecule has 0 aromatic heterocycles. The van der Waals surface area contributed by atoms with Gasteiger partial charge in [-0.25, -0.2) is 13.6 Å². The lowest BCUT2D eigenvalue weighted by molar-refractivity contribution is 0.0697. The Bertz CT molecular complexity index is 322. The summed E-state index contributed by atoms with van der Waals surface area (Å²) in [7, 11) is 0. The lowest BCUT2D eigenvalue weighted by atomic mass is 10.2. The monoisotopic (exact) mass is 216 g/mol. The first kappa shape index (κ1) is 11.4. The molecule has 1 aromatic rings. The number of halogens is 2. The van der Waals surface area contributed by atoms with Crippen molar-refractivity contribution in [2.24, 2.45) is 0 Å². The molecule has 15 heavy (non-hydrogen) atoms. The van der Waals surface area contributed by atoms with Gasteiger partial charge < -0.3 is 9.84 Å². The first-order valence-corrected chi connectivity index (χ1v) is 4.34. The zero-order valence-electron chi connectivity index (χ0n) is 7.82. The molecule has 0 aliphatic carbocycles. The van der Waals surface area contributed by atoms with E-state index in [1.165, 1.54) is 24.3 Å². The topological polar surface area (TPSA) is 46.5 Å².